The quantitative estimate of drug-likeness (QED) is 0.278. The van der Waals surface area contributed by atoms with Crippen molar-refractivity contribution in [2.24, 2.45) is 11.5 Å². The maximum absolute atomic E-state index is 7.52. The first kappa shape index (κ1) is 23.3. The second-order valence-electron chi connectivity index (χ2n) is 4.81. The Labute approximate surface area is 172 Å². The van der Waals surface area contributed by atoms with Gasteiger partial charge in [0.1, 0.15) is 18.3 Å². The smallest absolute Gasteiger partial charge is 0.174 e. The van der Waals surface area contributed by atoms with E-state index in [0.717, 1.165) is 9.13 Å². The first-order valence-electron chi connectivity index (χ1n) is 6.70. The van der Waals surface area contributed by atoms with Crippen LogP contribution in [0, 0.1) is 14.4 Å². The zero-order valence-corrected chi connectivity index (χ0v) is 17.1. The number of halogens is 3. The van der Waals surface area contributed by atoms with E-state index in [2.05, 4.69) is 22.6 Å². The molecule has 6 N–H and O–H groups in total. The molecular formula is C16H19Cl2IN4O2. The van der Waals surface area contributed by atoms with Crippen molar-refractivity contribution in [2.75, 3.05) is 7.11 Å². The van der Waals surface area contributed by atoms with Gasteiger partial charge in [-0.3, -0.25) is 10.8 Å². The molecule has 0 amide bonds. The lowest BCUT2D eigenvalue weighted by Crippen LogP contribution is -2.12. The standard InChI is InChI=1S/C16H17IN4O2.2ClH/c1-22-13-7-11(16(20)21)6-12(17)14(13)23-8-9-3-2-4-10(5-9)15(18)19;;/h2-7H,8H2,1H3,(H3,18,19)(H3,20,21);2*1H. The molecule has 0 spiro atoms. The summed E-state index contributed by atoms with van der Waals surface area (Å²) >= 11 is 2.12. The Morgan fingerprint density at radius 2 is 1.68 bits per heavy atom. The van der Waals surface area contributed by atoms with Gasteiger partial charge in [0.25, 0.3) is 0 Å². The van der Waals surface area contributed by atoms with Gasteiger partial charge in [-0.2, -0.15) is 0 Å². The fourth-order valence-corrected chi connectivity index (χ4v) is 2.76. The van der Waals surface area contributed by atoms with Crippen LogP contribution in [0.1, 0.15) is 16.7 Å². The molecule has 0 bridgehead atoms. The van der Waals surface area contributed by atoms with Crippen molar-refractivity contribution in [1.29, 1.82) is 10.8 Å². The molecule has 25 heavy (non-hydrogen) atoms. The molecular weight excluding hydrogens is 478 g/mol. The van der Waals surface area contributed by atoms with Gasteiger partial charge >= 0.3 is 0 Å². The number of amidine groups is 2. The van der Waals surface area contributed by atoms with E-state index in [1.54, 1.807) is 25.3 Å². The van der Waals surface area contributed by atoms with Gasteiger partial charge < -0.3 is 20.9 Å². The summed E-state index contributed by atoms with van der Waals surface area (Å²) in [5, 5.41) is 15.0. The Kier molecular flexibility index (Phi) is 9.61. The van der Waals surface area contributed by atoms with Crippen LogP contribution in [-0.4, -0.2) is 18.8 Å². The molecule has 0 radical (unpaired) electrons. The van der Waals surface area contributed by atoms with Gasteiger partial charge in [-0.15, -0.1) is 24.8 Å². The summed E-state index contributed by atoms with van der Waals surface area (Å²) in [4.78, 5) is 0. The number of hydrogen-bond donors (Lipinski definition) is 4. The zero-order chi connectivity index (χ0) is 17.0. The highest BCUT2D eigenvalue weighted by molar-refractivity contribution is 14.1. The van der Waals surface area contributed by atoms with Crippen LogP contribution < -0.4 is 20.9 Å². The SMILES string of the molecule is COc1cc(C(=N)N)cc(I)c1OCc1cccc(C(=N)N)c1.Cl.Cl. The molecule has 0 aliphatic carbocycles. The predicted molar refractivity (Wildman–Crippen MR) is 113 cm³/mol. The summed E-state index contributed by atoms with van der Waals surface area (Å²) in [7, 11) is 1.54. The fraction of sp³-hybridized carbons (Fsp3) is 0.125. The molecule has 0 atom stereocenters. The van der Waals surface area contributed by atoms with E-state index in [-0.39, 0.29) is 36.5 Å². The summed E-state index contributed by atoms with van der Waals surface area (Å²) < 4.78 is 12.0. The molecule has 0 aromatic heterocycles. The van der Waals surface area contributed by atoms with E-state index < -0.39 is 0 Å². The summed E-state index contributed by atoms with van der Waals surface area (Å²) in [5.74, 6) is 1.10. The lowest BCUT2D eigenvalue weighted by atomic mass is 10.1. The van der Waals surface area contributed by atoms with Gasteiger partial charge in [0, 0.05) is 11.1 Å². The minimum atomic E-state index is -0.0260. The largest absolute Gasteiger partial charge is 0.493 e. The lowest BCUT2D eigenvalue weighted by Gasteiger charge is -2.14. The van der Waals surface area contributed by atoms with Crippen LogP contribution >= 0.6 is 47.4 Å². The molecule has 0 unspecified atom stereocenters. The van der Waals surface area contributed by atoms with Gasteiger partial charge in [0.2, 0.25) is 0 Å². The normalized spacial score (nSPS) is 9.36. The predicted octanol–water partition coefficient (Wildman–Crippen LogP) is 3.29. The molecule has 2 aromatic rings. The molecule has 0 saturated carbocycles. The zero-order valence-electron chi connectivity index (χ0n) is 13.3. The van der Waals surface area contributed by atoms with Crippen molar-refractivity contribution >= 4 is 59.1 Å². The van der Waals surface area contributed by atoms with Crippen LogP contribution in [0.15, 0.2) is 36.4 Å². The number of rotatable bonds is 6. The van der Waals surface area contributed by atoms with Crippen molar-refractivity contribution < 1.29 is 9.47 Å². The van der Waals surface area contributed by atoms with Crippen molar-refractivity contribution in [3.05, 3.63) is 56.7 Å². The van der Waals surface area contributed by atoms with Crippen molar-refractivity contribution in [2.45, 2.75) is 6.61 Å². The summed E-state index contributed by atoms with van der Waals surface area (Å²) in [6.45, 7) is 0.312. The molecule has 6 nitrogen and oxygen atoms in total. The van der Waals surface area contributed by atoms with Gasteiger partial charge in [-0.25, -0.2) is 0 Å². The summed E-state index contributed by atoms with van der Waals surface area (Å²) in [6, 6.07) is 10.8. The molecule has 2 aromatic carbocycles. The van der Waals surface area contributed by atoms with E-state index in [0.29, 0.717) is 29.2 Å². The first-order valence-corrected chi connectivity index (χ1v) is 7.78. The number of nitrogens with one attached hydrogen (secondary N) is 2. The molecule has 136 valence electrons. The third-order valence-electron chi connectivity index (χ3n) is 3.16. The molecule has 2 rings (SSSR count). The molecule has 0 fully saturated rings. The Bertz CT molecular complexity index is 772. The summed E-state index contributed by atoms with van der Waals surface area (Å²) in [6.07, 6.45) is 0. The van der Waals surface area contributed by atoms with Crippen LogP contribution in [0.5, 0.6) is 11.5 Å². The second kappa shape index (κ2) is 10.3. The van der Waals surface area contributed by atoms with E-state index in [4.69, 9.17) is 31.8 Å². The van der Waals surface area contributed by atoms with Crippen molar-refractivity contribution in [1.82, 2.24) is 0 Å². The van der Waals surface area contributed by atoms with E-state index >= 15 is 0 Å². The Hall–Kier alpha value is -1.71. The number of hydrogen-bond acceptors (Lipinski definition) is 4. The minimum absolute atomic E-state index is 0. The van der Waals surface area contributed by atoms with Gasteiger partial charge in [0.05, 0.1) is 10.7 Å². The topological polar surface area (TPSA) is 118 Å². The highest BCUT2D eigenvalue weighted by atomic mass is 127. The first-order chi connectivity index (χ1) is 10.9. The monoisotopic (exact) mass is 496 g/mol. The average molecular weight is 497 g/mol. The number of benzene rings is 2. The number of ether oxygens (including phenoxy) is 2. The van der Waals surface area contributed by atoms with Gasteiger partial charge in [-0.1, -0.05) is 18.2 Å². The fourth-order valence-electron chi connectivity index (χ4n) is 2.00. The molecule has 9 heteroatoms. The molecule has 0 heterocycles. The van der Waals surface area contributed by atoms with Crippen molar-refractivity contribution in [3.8, 4) is 11.5 Å². The van der Waals surface area contributed by atoms with E-state index in [1.807, 2.05) is 18.2 Å². The van der Waals surface area contributed by atoms with E-state index in [9.17, 15) is 0 Å². The number of nitrogens with two attached hydrogens (primary N) is 2. The van der Waals surface area contributed by atoms with Gasteiger partial charge in [-0.05, 0) is 46.4 Å². The number of methoxy groups -OCH3 is 1. The Morgan fingerprint density at radius 1 is 1.04 bits per heavy atom. The van der Waals surface area contributed by atoms with Crippen LogP contribution in [0.3, 0.4) is 0 Å². The third-order valence-corrected chi connectivity index (χ3v) is 3.96. The third kappa shape index (κ3) is 5.94. The van der Waals surface area contributed by atoms with Crippen LogP contribution in [0.25, 0.3) is 0 Å². The van der Waals surface area contributed by atoms with Crippen LogP contribution in [0.4, 0.5) is 0 Å². The molecule has 0 aliphatic rings. The summed E-state index contributed by atoms with van der Waals surface area (Å²) in [5.41, 5.74) is 13.1. The van der Waals surface area contributed by atoms with E-state index in [1.165, 1.54) is 0 Å². The minimum Gasteiger partial charge on any atom is -0.493 e. The highest BCUT2D eigenvalue weighted by Gasteiger charge is 2.13. The Balaban J connectivity index is 0.00000288. The van der Waals surface area contributed by atoms with Gasteiger partial charge in [0.15, 0.2) is 11.5 Å². The lowest BCUT2D eigenvalue weighted by molar-refractivity contribution is 0.282. The second-order valence-corrected chi connectivity index (χ2v) is 5.97. The van der Waals surface area contributed by atoms with Crippen LogP contribution in [0.2, 0.25) is 0 Å². The molecule has 0 aliphatic heterocycles. The number of nitrogen functional groups attached to an aromatic ring is 2. The average Bonchev–Trinajstić information content (AvgIpc) is 2.53. The maximum atomic E-state index is 7.52. The Morgan fingerprint density at radius 3 is 2.24 bits per heavy atom. The highest BCUT2D eigenvalue weighted by Crippen LogP contribution is 2.34. The molecule has 0 saturated heterocycles. The van der Waals surface area contributed by atoms with Crippen LogP contribution in [-0.2, 0) is 6.61 Å². The maximum Gasteiger partial charge on any atom is 0.174 e. The van der Waals surface area contributed by atoms with Crippen molar-refractivity contribution in [3.63, 3.8) is 0 Å².